The minimum Gasteiger partial charge on any atom is -0.340 e. The predicted molar refractivity (Wildman–Crippen MR) is 106 cm³/mol. The van der Waals surface area contributed by atoms with Gasteiger partial charge < -0.3 is 16.0 Å². The third kappa shape index (κ3) is 3.90. The average molecular weight is 383 g/mol. The fourth-order valence-corrected chi connectivity index (χ4v) is 3.34. The van der Waals surface area contributed by atoms with Crippen LogP contribution in [0.3, 0.4) is 0 Å². The van der Waals surface area contributed by atoms with Crippen LogP contribution in [-0.4, -0.2) is 33.5 Å². The molecular weight excluding hydrogens is 358 g/mol. The van der Waals surface area contributed by atoms with Crippen LogP contribution in [0.25, 0.3) is 0 Å². The lowest BCUT2D eigenvalue weighted by atomic mass is 10.1. The quantitative estimate of drug-likeness (QED) is 0.738. The van der Waals surface area contributed by atoms with Crippen molar-refractivity contribution in [2.24, 2.45) is 0 Å². The van der Waals surface area contributed by atoms with E-state index < -0.39 is 6.04 Å². The number of nitrogens with one attached hydrogen (secondary N) is 3. The molecule has 148 valence electrons. The van der Waals surface area contributed by atoms with E-state index in [1.807, 2.05) is 32.4 Å². The van der Waals surface area contributed by atoms with E-state index in [4.69, 9.17) is 0 Å². The van der Waals surface area contributed by atoms with E-state index in [1.165, 1.54) is 0 Å². The van der Waals surface area contributed by atoms with E-state index in [2.05, 4.69) is 21.0 Å². The predicted octanol–water partition coefficient (Wildman–Crippen LogP) is 2.55. The molecule has 1 aromatic carbocycles. The Balaban J connectivity index is 1.64. The largest absolute Gasteiger partial charge is 0.340 e. The van der Waals surface area contributed by atoms with Crippen LogP contribution in [0.15, 0.2) is 24.3 Å². The minimum atomic E-state index is -0.772. The van der Waals surface area contributed by atoms with E-state index in [1.54, 1.807) is 24.3 Å². The number of hydrogen-bond acceptors (Lipinski definition) is 4. The first-order valence-corrected chi connectivity index (χ1v) is 9.34. The monoisotopic (exact) mass is 383 g/mol. The Hall–Kier alpha value is -3.16. The molecule has 0 bridgehead atoms. The number of carbonyl (C=O) groups excluding carboxylic acids is 3. The number of carbonyl (C=O) groups is 3. The molecule has 8 heteroatoms. The van der Waals surface area contributed by atoms with Gasteiger partial charge in [0.2, 0.25) is 11.8 Å². The fraction of sp³-hybridized carbons (Fsp3) is 0.400. The molecule has 1 unspecified atom stereocenters. The summed E-state index contributed by atoms with van der Waals surface area (Å²) in [6.07, 6.45) is 0.300. The van der Waals surface area contributed by atoms with Gasteiger partial charge >= 0.3 is 0 Å². The number of anilines is 2. The molecule has 0 radical (unpaired) electrons. The fourth-order valence-electron chi connectivity index (χ4n) is 3.34. The lowest BCUT2D eigenvalue weighted by Gasteiger charge is -2.14. The van der Waals surface area contributed by atoms with Crippen molar-refractivity contribution in [3.05, 3.63) is 41.2 Å². The van der Waals surface area contributed by atoms with Crippen LogP contribution in [0.4, 0.5) is 11.4 Å². The van der Waals surface area contributed by atoms with Gasteiger partial charge in [-0.05, 0) is 46.2 Å². The summed E-state index contributed by atoms with van der Waals surface area (Å²) in [5, 5.41) is 12.8. The molecule has 3 amide bonds. The summed E-state index contributed by atoms with van der Waals surface area (Å²) in [6, 6.07) is 6.24. The van der Waals surface area contributed by atoms with Crippen molar-refractivity contribution in [1.82, 2.24) is 15.1 Å². The third-order valence-corrected chi connectivity index (χ3v) is 4.79. The van der Waals surface area contributed by atoms with Crippen molar-refractivity contribution in [2.45, 2.75) is 52.6 Å². The number of nitrogens with zero attached hydrogens (tertiary/aromatic N) is 2. The van der Waals surface area contributed by atoms with Crippen LogP contribution in [0.1, 0.15) is 54.5 Å². The number of benzene rings is 1. The van der Waals surface area contributed by atoms with Crippen LogP contribution in [0.2, 0.25) is 0 Å². The van der Waals surface area contributed by atoms with Gasteiger partial charge in [-0.25, -0.2) is 0 Å². The van der Waals surface area contributed by atoms with Crippen molar-refractivity contribution in [3.8, 4) is 0 Å². The third-order valence-electron chi connectivity index (χ3n) is 4.79. The Bertz CT molecular complexity index is 932. The van der Waals surface area contributed by atoms with Gasteiger partial charge in [0.15, 0.2) is 0 Å². The van der Waals surface area contributed by atoms with Gasteiger partial charge in [-0.2, -0.15) is 5.10 Å². The van der Waals surface area contributed by atoms with Crippen LogP contribution in [0, 0.1) is 13.8 Å². The molecule has 3 rings (SSSR count). The molecule has 1 aromatic heterocycles. The van der Waals surface area contributed by atoms with Crippen molar-refractivity contribution in [3.63, 3.8) is 0 Å². The van der Waals surface area contributed by atoms with E-state index in [0.717, 1.165) is 11.4 Å². The number of para-hydroxylation sites is 1. The maximum atomic E-state index is 12.4. The first-order valence-electron chi connectivity index (χ1n) is 9.34. The molecule has 3 N–H and O–H groups in total. The van der Waals surface area contributed by atoms with Gasteiger partial charge in [0.1, 0.15) is 6.04 Å². The number of aromatic nitrogens is 2. The number of rotatable bonds is 5. The molecule has 0 aliphatic carbocycles. The summed E-state index contributed by atoms with van der Waals surface area (Å²) in [4.78, 5) is 37.2. The van der Waals surface area contributed by atoms with Gasteiger partial charge in [0.05, 0.1) is 28.3 Å². The first kappa shape index (κ1) is 19.6. The summed E-state index contributed by atoms with van der Waals surface area (Å²) >= 11 is 0. The molecule has 0 fully saturated rings. The Morgan fingerprint density at radius 1 is 1.25 bits per heavy atom. The molecule has 1 atom stereocenters. The molecule has 1 aliphatic rings. The Morgan fingerprint density at radius 2 is 1.96 bits per heavy atom. The molecule has 2 aromatic rings. The van der Waals surface area contributed by atoms with Crippen molar-refractivity contribution in [2.75, 3.05) is 10.6 Å². The second kappa shape index (κ2) is 7.84. The lowest BCUT2D eigenvalue weighted by molar-refractivity contribution is -0.118. The zero-order valence-corrected chi connectivity index (χ0v) is 16.5. The molecule has 0 saturated heterocycles. The normalized spacial score (nSPS) is 16.2. The number of hydrogen-bond donors (Lipinski definition) is 3. The first-order chi connectivity index (χ1) is 13.3. The second-order valence-electron chi connectivity index (χ2n) is 7.23. The minimum absolute atomic E-state index is 0.0977. The summed E-state index contributed by atoms with van der Waals surface area (Å²) in [7, 11) is 0. The van der Waals surface area contributed by atoms with E-state index in [9.17, 15) is 14.4 Å². The van der Waals surface area contributed by atoms with Gasteiger partial charge in [0.25, 0.3) is 5.91 Å². The van der Waals surface area contributed by atoms with Crippen LogP contribution in [-0.2, 0) is 9.59 Å². The Labute approximate surface area is 163 Å². The molecule has 8 nitrogen and oxygen atoms in total. The van der Waals surface area contributed by atoms with Gasteiger partial charge in [0, 0.05) is 12.5 Å². The second-order valence-corrected chi connectivity index (χ2v) is 7.23. The zero-order chi connectivity index (χ0) is 20.4. The standard InChI is InChI=1S/C20H25N5O3/c1-11(2)25-13(4)18(12(3)24-25)23-17(26)10-9-16-20(28)21-15-8-6-5-7-14(15)19(27)22-16/h5-8,11,16H,9-10H2,1-4H3,(H,21,28)(H,22,27)(H,23,26). The average Bonchev–Trinajstić information content (AvgIpc) is 2.86. The number of amides is 3. The maximum absolute atomic E-state index is 12.4. The zero-order valence-electron chi connectivity index (χ0n) is 16.5. The maximum Gasteiger partial charge on any atom is 0.254 e. The van der Waals surface area contributed by atoms with E-state index >= 15 is 0 Å². The summed E-state index contributed by atoms with van der Waals surface area (Å²) in [6.45, 7) is 7.80. The highest BCUT2D eigenvalue weighted by Gasteiger charge is 2.28. The molecular formula is C20H25N5O3. The van der Waals surface area contributed by atoms with E-state index in [0.29, 0.717) is 16.9 Å². The van der Waals surface area contributed by atoms with Crippen molar-refractivity contribution in [1.29, 1.82) is 0 Å². The lowest BCUT2D eigenvalue weighted by Crippen LogP contribution is -2.41. The highest BCUT2D eigenvalue weighted by Crippen LogP contribution is 2.23. The smallest absolute Gasteiger partial charge is 0.254 e. The van der Waals surface area contributed by atoms with Crippen LogP contribution >= 0.6 is 0 Å². The molecule has 0 spiro atoms. The topological polar surface area (TPSA) is 105 Å². The van der Waals surface area contributed by atoms with Crippen molar-refractivity contribution < 1.29 is 14.4 Å². The Morgan fingerprint density at radius 3 is 2.64 bits per heavy atom. The van der Waals surface area contributed by atoms with Gasteiger partial charge in [-0.15, -0.1) is 0 Å². The molecule has 1 aliphatic heterocycles. The summed E-state index contributed by atoms with van der Waals surface area (Å²) in [5.74, 6) is -0.881. The number of fused-ring (bicyclic) bond motifs is 1. The highest BCUT2D eigenvalue weighted by atomic mass is 16.2. The SMILES string of the molecule is Cc1nn(C(C)C)c(C)c1NC(=O)CCC1NC(=O)c2ccccc2NC1=O. The van der Waals surface area contributed by atoms with Crippen LogP contribution < -0.4 is 16.0 Å². The molecule has 28 heavy (non-hydrogen) atoms. The molecule has 0 saturated carbocycles. The summed E-state index contributed by atoms with van der Waals surface area (Å²) in [5.41, 5.74) is 3.22. The van der Waals surface area contributed by atoms with Gasteiger partial charge in [-0.1, -0.05) is 12.1 Å². The van der Waals surface area contributed by atoms with E-state index in [-0.39, 0.29) is 36.6 Å². The highest BCUT2D eigenvalue weighted by molar-refractivity contribution is 6.10. The summed E-state index contributed by atoms with van der Waals surface area (Å²) < 4.78 is 1.86. The Kier molecular flexibility index (Phi) is 5.48. The van der Waals surface area contributed by atoms with Crippen LogP contribution in [0.5, 0.6) is 0 Å². The van der Waals surface area contributed by atoms with Crippen molar-refractivity contribution >= 4 is 29.1 Å². The molecule has 2 heterocycles. The number of aryl methyl sites for hydroxylation is 1. The van der Waals surface area contributed by atoms with Gasteiger partial charge in [-0.3, -0.25) is 19.1 Å².